The van der Waals surface area contributed by atoms with Gasteiger partial charge >= 0.3 is 0 Å². The molecule has 0 aromatic rings. The minimum Gasteiger partial charge on any atom is -0.395 e. The molecule has 14 heavy (non-hydrogen) atoms. The number of rotatable bonds is 6. The molecule has 1 aliphatic rings. The van der Waals surface area contributed by atoms with Gasteiger partial charge < -0.3 is 5.11 Å². The fraction of sp³-hybridized carbons (Fsp3) is 0.889. The highest BCUT2D eigenvalue weighted by Gasteiger charge is 2.35. The second-order valence-corrected chi connectivity index (χ2v) is 3.63. The number of nitrogens with two attached hydrogens (primary N) is 1. The summed E-state index contributed by atoms with van der Waals surface area (Å²) < 4.78 is 0. The summed E-state index contributed by atoms with van der Waals surface area (Å²) in [6.45, 7) is 2.59. The van der Waals surface area contributed by atoms with Gasteiger partial charge in [0.1, 0.15) is 0 Å². The van der Waals surface area contributed by atoms with E-state index in [-0.39, 0.29) is 18.6 Å². The van der Waals surface area contributed by atoms with Crippen LogP contribution in [0.15, 0.2) is 0 Å². The molecule has 4 N–H and O–H groups in total. The Morgan fingerprint density at radius 1 is 1.71 bits per heavy atom. The highest BCUT2D eigenvalue weighted by Crippen LogP contribution is 2.29. The zero-order valence-electron chi connectivity index (χ0n) is 8.57. The van der Waals surface area contributed by atoms with Crippen LogP contribution in [0.1, 0.15) is 26.2 Å². The number of hydrogen-bond donors (Lipinski definition) is 3. The Hall–Kier alpha value is -0.650. The summed E-state index contributed by atoms with van der Waals surface area (Å²) in [7, 11) is 0. The van der Waals surface area contributed by atoms with Gasteiger partial charge in [-0.05, 0) is 19.3 Å². The maximum Gasteiger partial charge on any atom is 0.251 e. The summed E-state index contributed by atoms with van der Waals surface area (Å²) in [4.78, 5) is 13.5. The molecule has 0 aromatic carbocycles. The van der Waals surface area contributed by atoms with Crippen LogP contribution in [0.25, 0.3) is 0 Å². The standard InChI is InChI=1S/C9H19N3O2/c1-2-8(9(14)11-10)12(5-6-13)7-3-4-7/h7-8,13H,2-6,10H2,1H3,(H,11,14). The third-order valence-electron chi connectivity index (χ3n) is 2.61. The van der Waals surface area contributed by atoms with Gasteiger partial charge in [0.05, 0.1) is 12.6 Å². The Bertz CT molecular complexity index is 194. The number of hydrazine groups is 1. The molecule has 0 bridgehead atoms. The van der Waals surface area contributed by atoms with Crippen LogP contribution in [0, 0.1) is 0 Å². The van der Waals surface area contributed by atoms with Crippen LogP contribution in [-0.2, 0) is 4.79 Å². The highest BCUT2D eigenvalue weighted by molar-refractivity contribution is 5.81. The number of carbonyl (C=O) groups excluding carboxylic acids is 1. The molecule has 0 aliphatic heterocycles. The van der Waals surface area contributed by atoms with Crippen LogP contribution < -0.4 is 11.3 Å². The fourth-order valence-corrected chi connectivity index (χ4v) is 1.78. The minimum absolute atomic E-state index is 0.0881. The van der Waals surface area contributed by atoms with Crippen LogP contribution >= 0.6 is 0 Å². The summed E-state index contributed by atoms with van der Waals surface area (Å²) in [5, 5.41) is 8.91. The molecule has 1 unspecified atom stereocenters. The van der Waals surface area contributed by atoms with E-state index in [1.807, 2.05) is 11.8 Å². The fourth-order valence-electron chi connectivity index (χ4n) is 1.78. The second kappa shape index (κ2) is 5.29. The third-order valence-corrected chi connectivity index (χ3v) is 2.61. The van der Waals surface area contributed by atoms with E-state index in [1.54, 1.807) is 0 Å². The molecule has 1 amide bonds. The monoisotopic (exact) mass is 201 g/mol. The first-order valence-corrected chi connectivity index (χ1v) is 5.11. The number of nitrogens with zero attached hydrogens (tertiary/aromatic N) is 1. The topological polar surface area (TPSA) is 78.6 Å². The van der Waals surface area contributed by atoms with Gasteiger partial charge in [-0.1, -0.05) is 6.92 Å². The molecule has 1 atom stereocenters. The molecule has 5 heteroatoms. The lowest BCUT2D eigenvalue weighted by atomic mass is 10.1. The SMILES string of the molecule is CCC(C(=O)NN)N(CCO)C1CC1. The average molecular weight is 201 g/mol. The van der Waals surface area contributed by atoms with E-state index in [1.165, 1.54) is 0 Å². The van der Waals surface area contributed by atoms with Gasteiger partial charge in [-0.3, -0.25) is 15.1 Å². The molecule has 1 fully saturated rings. The lowest BCUT2D eigenvalue weighted by molar-refractivity contribution is -0.127. The first kappa shape index (κ1) is 11.4. The van der Waals surface area contributed by atoms with Crippen LogP contribution in [0.5, 0.6) is 0 Å². The van der Waals surface area contributed by atoms with E-state index < -0.39 is 0 Å². The van der Waals surface area contributed by atoms with Gasteiger partial charge in [-0.15, -0.1) is 0 Å². The molecule has 5 nitrogen and oxygen atoms in total. The van der Waals surface area contributed by atoms with Crippen molar-refractivity contribution in [3.05, 3.63) is 0 Å². The van der Waals surface area contributed by atoms with Gasteiger partial charge in [0.15, 0.2) is 0 Å². The Morgan fingerprint density at radius 3 is 2.71 bits per heavy atom. The van der Waals surface area contributed by atoms with Gasteiger partial charge in [0.25, 0.3) is 5.91 Å². The van der Waals surface area contributed by atoms with Crippen molar-refractivity contribution >= 4 is 5.91 Å². The van der Waals surface area contributed by atoms with Crippen molar-refractivity contribution in [1.82, 2.24) is 10.3 Å². The normalized spacial score (nSPS) is 18.3. The number of aliphatic hydroxyl groups excluding tert-OH is 1. The van der Waals surface area contributed by atoms with E-state index in [4.69, 9.17) is 10.9 Å². The summed E-state index contributed by atoms with van der Waals surface area (Å²) in [6.07, 6.45) is 2.96. The van der Waals surface area contributed by atoms with Crippen molar-refractivity contribution in [1.29, 1.82) is 0 Å². The lowest BCUT2D eigenvalue weighted by Crippen LogP contribution is -2.50. The molecule has 0 radical (unpaired) electrons. The van der Waals surface area contributed by atoms with E-state index in [0.29, 0.717) is 12.6 Å². The molecular formula is C9H19N3O2. The predicted molar refractivity (Wildman–Crippen MR) is 53.2 cm³/mol. The molecule has 1 saturated carbocycles. The molecule has 0 saturated heterocycles. The Balaban J connectivity index is 2.57. The average Bonchev–Trinajstić information content (AvgIpc) is 3.00. The van der Waals surface area contributed by atoms with Gasteiger partial charge in [0.2, 0.25) is 0 Å². The minimum atomic E-state index is -0.195. The number of amides is 1. The van der Waals surface area contributed by atoms with Gasteiger partial charge in [-0.2, -0.15) is 0 Å². The molecule has 0 spiro atoms. The van der Waals surface area contributed by atoms with E-state index >= 15 is 0 Å². The van der Waals surface area contributed by atoms with Crippen molar-refractivity contribution in [3.63, 3.8) is 0 Å². The molecule has 0 aromatic heterocycles. The Morgan fingerprint density at radius 2 is 2.36 bits per heavy atom. The number of carbonyl (C=O) groups is 1. The summed E-state index contributed by atoms with van der Waals surface area (Å²) in [5.41, 5.74) is 2.18. The van der Waals surface area contributed by atoms with Gasteiger partial charge in [-0.25, -0.2) is 5.84 Å². The zero-order chi connectivity index (χ0) is 10.6. The van der Waals surface area contributed by atoms with Crippen LogP contribution in [0.2, 0.25) is 0 Å². The smallest absolute Gasteiger partial charge is 0.251 e. The maximum absolute atomic E-state index is 11.4. The van der Waals surface area contributed by atoms with Crippen molar-refractivity contribution < 1.29 is 9.90 Å². The Kier molecular flexibility index (Phi) is 4.31. The number of aliphatic hydroxyl groups is 1. The van der Waals surface area contributed by atoms with Crippen LogP contribution in [-0.4, -0.2) is 41.1 Å². The van der Waals surface area contributed by atoms with Gasteiger partial charge in [0, 0.05) is 12.6 Å². The number of nitrogens with one attached hydrogen (secondary N) is 1. The summed E-state index contributed by atoms with van der Waals surface area (Å²) in [6, 6.07) is 0.268. The van der Waals surface area contributed by atoms with Crippen molar-refractivity contribution in [2.24, 2.45) is 5.84 Å². The van der Waals surface area contributed by atoms with Crippen molar-refractivity contribution in [2.45, 2.75) is 38.3 Å². The summed E-state index contributed by atoms with van der Waals surface area (Å²) >= 11 is 0. The molecular weight excluding hydrogens is 182 g/mol. The molecule has 1 aliphatic carbocycles. The number of hydrogen-bond acceptors (Lipinski definition) is 4. The highest BCUT2D eigenvalue weighted by atomic mass is 16.3. The van der Waals surface area contributed by atoms with Crippen LogP contribution in [0.3, 0.4) is 0 Å². The lowest BCUT2D eigenvalue weighted by Gasteiger charge is -2.28. The maximum atomic E-state index is 11.4. The first-order valence-electron chi connectivity index (χ1n) is 5.11. The summed E-state index contributed by atoms with van der Waals surface area (Å²) in [5.74, 6) is 4.95. The van der Waals surface area contributed by atoms with E-state index in [9.17, 15) is 4.79 Å². The van der Waals surface area contributed by atoms with Crippen LogP contribution in [0.4, 0.5) is 0 Å². The van der Waals surface area contributed by atoms with Crippen molar-refractivity contribution in [3.8, 4) is 0 Å². The first-order chi connectivity index (χ1) is 6.74. The predicted octanol–water partition coefficient (Wildman–Crippen LogP) is -0.788. The Labute approximate surface area is 84.2 Å². The second-order valence-electron chi connectivity index (χ2n) is 3.63. The molecule has 82 valence electrons. The quantitative estimate of drug-likeness (QED) is 0.299. The largest absolute Gasteiger partial charge is 0.395 e. The molecule has 1 rings (SSSR count). The van der Waals surface area contributed by atoms with E-state index in [0.717, 1.165) is 19.3 Å². The third kappa shape index (κ3) is 2.67. The zero-order valence-corrected chi connectivity index (χ0v) is 8.57. The van der Waals surface area contributed by atoms with E-state index in [2.05, 4.69) is 5.43 Å². The van der Waals surface area contributed by atoms with Crippen molar-refractivity contribution in [2.75, 3.05) is 13.2 Å². The molecule has 0 heterocycles.